The molecule has 1 fully saturated rings. The molecule has 2 aromatic carbocycles. The van der Waals surface area contributed by atoms with E-state index in [2.05, 4.69) is 36.8 Å². The lowest BCUT2D eigenvalue weighted by Crippen LogP contribution is -2.52. The van der Waals surface area contributed by atoms with Crippen molar-refractivity contribution >= 4 is 51.1 Å². The molecule has 1 saturated heterocycles. The molecule has 9 heteroatoms. The summed E-state index contributed by atoms with van der Waals surface area (Å²) in [5.74, 6) is -0.247. The summed E-state index contributed by atoms with van der Waals surface area (Å²) in [5, 5.41) is 12.5. The van der Waals surface area contributed by atoms with Gasteiger partial charge < -0.3 is 16.0 Å². The highest BCUT2D eigenvalue weighted by Gasteiger charge is 2.56. The van der Waals surface area contributed by atoms with Crippen LogP contribution in [0.25, 0.3) is 10.9 Å². The largest absolute Gasteiger partial charge is 0.380 e. The molecule has 1 spiro atoms. The molecule has 0 unspecified atom stereocenters. The molecule has 36 heavy (non-hydrogen) atoms. The number of amides is 2. The van der Waals surface area contributed by atoms with Crippen LogP contribution in [0, 0.1) is 0 Å². The average molecular weight is 499 g/mol. The third kappa shape index (κ3) is 3.47. The zero-order valence-corrected chi connectivity index (χ0v) is 20.9. The van der Waals surface area contributed by atoms with Crippen molar-refractivity contribution < 1.29 is 9.59 Å². The van der Waals surface area contributed by atoms with E-state index in [0.717, 1.165) is 46.5 Å². The molecule has 6 rings (SSSR count). The summed E-state index contributed by atoms with van der Waals surface area (Å²) in [6, 6.07) is 17.5. The molecule has 0 atom stereocenters. The van der Waals surface area contributed by atoms with E-state index in [4.69, 9.17) is 0 Å². The highest BCUT2D eigenvalue weighted by Crippen LogP contribution is 2.45. The predicted octanol–water partition coefficient (Wildman–Crippen LogP) is 4.14. The SMILES string of the molecule is CN1CCN(C)C12C(=O)Nc1ccc(NC(=O)c3sccc3NCc3ccnc4ccccc34)cc12. The Balaban J connectivity index is 1.23. The summed E-state index contributed by atoms with van der Waals surface area (Å²) >= 11 is 1.39. The first-order valence-corrected chi connectivity index (χ1v) is 12.7. The minimum atomic E-state index is -0.848. The molecule has 8 nitrogen and oxygen atoms in total. The zero-order chi connectivity index (χ0) is 24.9. The highest BCUT2D eigenvalue weighted by atomic mass is 32.1. The Bertz CT molecular complexity index is 1480. The lowest BCUT2D eigenvalue weighted by atomic mass is 9.98. The predicted molar refractivity (Wildman–Crippen MR) is 143 cm³/mol. The first-order chi connectivity index (χ1) is 17.5. The van der Waals surface area contributed by atoms with Gasteiger partial charge in [0.25, 0.3) is 11.8 Å². The maximum Gasteiger partial charge on any atom is 0.267 e. The highest BCUT2D eigenvalue weighted by molar-refractivity contribution is 7.12. The molecular formula is C27H26N6O2S. The van der Waals surface area contributed by atoms with Gasteiger partial charge in [0.1, 0.15) is 4.88 Å². The van der Waals surface area contributed by atoms with Crippen LogP contribution in [-0.2, 0) is 17.0 Å². The number of hydrogen-bond donors (Lipinski definition) is 3. The summed E-state index contributed by atoms with van der Waals surface area (Å²) in [6.07, 6.45) is 1.81. The number of aromatic nitrogens is 1. The van der Waals surface area contributed by atoms with Crippen LogP contribution in [0.15, 0.2) is 66.2 Å². The van der Waals surface area contributed by atoms with Crippen LogP contribution in [0.3, 0.4) is 0 Å². The van der Waals surface area contributed by atoms with Crippen molar-refractivity contribution in [3.8, 4) is 0 Å². The van der Waals surface area contributed by atoms with Crippen molar-refractivity contribution in [3.05, 3.63) is 82.2 Å². The van der Waals surface area contributed by atoms with E-state index in [1.165, 1.54) is 11.3 Å². The van der Waals surface area contributed by atoms with Gasteiger partial charge in [-0.25, -0.2) is 0 Å². The first-order valence-electron chi connectivity index (χ1n) is 11.8. The fraction of sp³-hybridized carbons (Fsp3) is 0.222. The van der Waals surface area contributed by atoms with Gasteiger partial charge in [0.2, 0.25) is 0 Å². The molecule has 2 aliphatic heterocycles. The van der Waals surface area contributed by atoms with Crippen LogP contribution in [0.4, 0.5) is 17.1 Å². The van der Waals surface area contributed by atoms with Crippen molar-refractivity contribution in [2.75, 3.05) is 43.1 Å². The van der Waals surface area contributed by atoms with Crippen molar-refractivity contribution in [1.29, 1.82) is 0 Å². The second-order valence-electron chi connectivity index (χ2n) is 9.19. The van der Waals surface area contributed by atoms with Gasteiger partial charge in [0, 0.05) is 48.2 Å². The summed E-state index contributed by atoms with van der Waals surface area (Å²) in [6.45, 7) is 2.15. The fourth-order valence-corrected chi connectivity index (χ4v) is 6.10. The summed E-state index contributed by atoms with van der Waals surface area (Å²) in [7, 11) is 3.91. The summed E-state index contributed by atoms with van der Waals surface area (Å²) in [4.78, 5) is 35.4. The second kappa shape index (κ2) is 8.70. The van der Waals surface area contributed by atoms with Gasteiger partial charge in [-0.2, -0.15) is 0 Å². The molecular weight excluding hydrogens is 472 g/mol. The Morgan fingerprint density at radius 2 is 1.92 bits per heavy atom. The number of hydrogen-bond acceptors (Lipinski definition) is 7. The number of anilines is 3. The molecule has 4 heterocycles. The fourth-order valence-electron chi connectivity index (χ4n) is 5.34. The third-order valence-electron chi connectivity index (χ3n) is 7.17. The minimum Gasteiger partial charge on any atom is -0.380 e. The standard InChI is InChI=1S/C27H26N6O2S/c1-32-12-13-33(2)27(32)20-15-18(7-8-22(20)31-26(27)35)30-25(34)24-23(10-14-36-24)29-16-17-9-11-28-21-6-4-3-5-19(17)21/h3-11,14-15,29H,12-13,16H2,1-2H3,(H,30,34)(H,31,35). The van der Waals surface area contributed by atoms with Gasteiger partial charge in [0.15, 0.2) is 5.66 Å². The third-order valence-corrected chi connectivity index (χ3v) is 8.09. The lowest BCUT2D eigenvalue weighted by Gasteiger charge is -2.35. The number of nitrogens with one attached hydrogen (secondary N) is 3. The molecule has 0 radical (unpaired) electrons. The molecule has 2 amide bonds. The Morgan fingerprint density at radius 1 is 1.11 bits per heavy atom. The lowest BCUT2D eigenvalue weighted by molar-refractivity contribution is -0.132. The smallest absolute Gasteiger partial charge is 0.267 e. The number of benzene rings is 2. The number of fused-ring (bicyclic) bond motifs is 3. The second-order valence-corrected chi connectivity index (χ2v) is 10.1. The summed E-state index contributed by atoms with van der Waals surface area (Å²) in [5.41, 5.74) is 4.29. The average Bonchev–Trinajstić information content (AvgIpc) is 3.56. The number of likely N-dealkylation sites (N-methyl/N-ethyl adjacent to an activating group) is 2. The number of carbonyl (C=O) groups is 2. The minimum absolute atomic E-state index is 0.0585. The van der Waals surface area contributed by atoms with Crippen molar-refractivity contribution in [3.63, 3.8) is 0 Å². The van der Waals surface area contributed by atoms with E-state index in [1.54, 1.807) is 6.20 Å². The van der Waals surface area contributed by atoms with Gasteiger partial charge in [0.05, 0.1) is 11.2 Å². The van der Waals surface area contributed by atoms with Crippen LogP contribution in [0.2, 0.25) is 0 Å². The van der Waals surface area contributed by atoms with Crippen molar-refractivity contribution in [1.82, 2.24) is 14.8 Å². The molecule has 0 saturated carbocycles. The Hall–Kier alpha value is -3.79. The van der Waals surface area contributed by atoms with Gasteiger partial charge in [-0.15, -0.1) is 11.3 Å². The van der Waals surface area contributed by atoms with Crippen molar-refractivity contribution in [2.24, 2.45) is 0 Å². The van der Waals surface area contributed by atoms with E-state index in [0.29, 0.717) is 17.1 Å². The normalized spacial score (nSPS) is 16.9. The molecule has 182 valence electrons. The molecule has 0 bridgehead atoms. The number of thiophene rings is 1. The topological polar surface area (TPSA) is 89.6 Å². The van der Waals surface area contributed by atoms with Crippen LogP contribution >= 0.6 is 11.3 Å². The number of carbonyl (C=O) groups excluding carboxylic acids is 2. The first kappa shape index (κ1) is 22.7. The van der Waals surface area contributed by atoms with Crippen molar-refractivity contribution in [2.45, 2.75) is 12.2 Å². The Labute approximate surface area is 212 Å². The van der Waals surface area contributed by atoms with E-state index >= 15 is 0 Å². The monoisotopic (exact) mass is 498 g/mol. The van der Waals surface area contributed by atoms with Gasteiger partial charge >= 0.3 is 0 Å². The van der Waals surface area contributed by atoms with Crippen LogP contribution in [0.5, 0.6) is 0 Å². The molecule has 2 aliphatic rings. The zero-order valence-electron chi connectivity index (χ0n) is 20.0. The maximum atomic E-state index is 13.3. The van der Waals surface area contributed by atoms with Gasteiger partial charge in [-0.05, 0) is 61.4 Å². The van der Waals surface area contributed by atoms with Crippen LogP contribution < -0.4 is 16.0 Å². The summed E-state index contributed by atoms with van der Waals surface area (Å²) < 4.78 is 0. The Morgan fingerprint density at radius 3 is 2.75 bits per heavy atom. The van der Waals surface area contributed by atoms with E-state index < -0.39 is 5.66 Å². The van der Waals surface area contributed by atoms with Crippen LogP contribution in [-0.4, -0.2) is 53.8 Å². The van der Waals surface area contributed by atoms with E-state index in [1.807, 2.05) is 68.0 Å². The maximum absolute atomic E-state index is 13.3. The Kier molecular flexibility index (Phi) is 5.48. The van der Waals surface area contributed by atoms with Gasteiger partial charge in [-0.1, -0.05) is 18.2 Å². The van der Waals surface area contributed by atoms with Crippen LogP contribution in [0.1, 0.15) is 20.8 Å². The van der Waals surface area contributed by atoms with E-state index in [-0.39, 0.29) is 11.8 Å². The molecule has 0 aliphatic carbocycles. The molecule has 4 aromatic rings. The number of para-hydroxylation sites is 1. The number of rotatable bonds is 5. The number of pyridine rings is 1. The quantitative estimate of drug-likeness (QED) is 0.383. The number of nitrogens with zero attached hydrogens (tertiary/aromatic N) is 3. The molecule has 2 aromatic heterocycles. The van der Waals surface area contributed by atoms with Gasteiger partial charge in [-0.3, -0.25) is 24.4 Å². The van der Waals surface area contributed by atoms with E-state index in [9.17, 15) is 9.59 Å². The molecule has 3 N–H and O–H groups in total.